The van der Waals surface area contributed by atoms with Crippen LogP contribution in [0.5, 0.6) is 0 Å². The van der Waals surface area contributed by atoms with Crippen LogP contribution in [-0.4, -0.2) is 27.4 Å². The normalized spacial score (nSPS) is 22.2. The van der Waals surface area contributed by atoms with E-state index in [4.69, 9.17) is 0 Å². The molecule has 1 saturated heterocycles. The Bertz CT molecular complexity index is 299. The maximum atomic E-state index is 4.47. The van der Waals surface area contributed by atoms with Gasteiger partial charge in [0.1, 0.15) is 6.33 Å². The number of nitrogens with one attached hydrogen (secondary N) is 1. The highest BCUT2D eigenvalue weighted by Crippen LogP contribution is 2.10. The molecule has 15 heavy (non-hydrogen) atoms. The lowest BCUT2D eigenvalue weighted by molar-refractivity contribution is 0.350. The zero-order valence-electron chi connectivity index (χ0n) is 9.61. The van der Waals surface area contributed by atoms with Gasteiger partial charge in [0.25, 0.3) is 0 Å². The second-order valence-electron chi connectivity index (χ2n) is 4.63. The summed E-state index contributed by atoms with van der Waals surface area (Å²) in [4.78, 5) is 4.31. The lowest BCUT2D eigenvalue weighted by Gasteiger charge is -2.22. The third kappa shape index (κ3) is 2.78. The van der Waals surface area contributed by atoms with E-state index in [0.717, 1.165) is 18.9 Å². The summed E-state index contributed by atoms with van der Waals surface area (Å²) in [5.41, 5.74) is 0. The molecule has 1 aromatic rings. The molecule has 0 spiro atoms. The molecule has 1 aliphatic heterocycles. The van der Waals surface area contributed by atoms with Crippen LogP contribution in [0, 0.1) is 0 Å². The van der Waals surface area contributed by atoms with Gasteiger partial charge in [0.2, 0.25) is 0 Å². The molecule has 1 atom stereocenters. The van der Waals surface area contributed by atoms with Crippen molar-refractivity contribution in [2.45, 2.75) is 51.6 Å². The zero-order chi connectivity index (χ0) is 10.7. The van der Waals surface area contributed by atoms with Crippen LogP contribution in [0.25, 0.3) is 0 Å². The summed E-state index contributed by atoms with van der Waals surface area (Å²) < 4.78 is 1.97. The van der Waals surface area contributed by atoms with Gasteiger partial charge in [-0.1, -0.05) is 20.3 Å². The average molecular weight is 208 g/mol. The summed E-state index contributed by atoms with van der Waals surface area (Å²) in [7, 11) is 0. The minimum atomic E-state index is 0.422. The van der Waals surface area contributed by atoms with E-state index in [2.05, 4.69) is 29.2 Å². The van der Waals surface area contributed by atoms with Gasteiger partial charge in [-0.25, -0.2) is 4.98 Å². The molecule has 1 unspecified atom stereocenters. The van der Waals surface area contributed by atoms with Crippen molar-refractivity contribution in [1.29, 1.82) is 0 Å². The highest BCUT2D eigenvalue weighted by molar-refractivity contribution is 4.89. The Morgan fingerprint density at radius 1 is 1.53 bits per heavy atom. The first-order valence-electron chi connectivity index (χ1n) is 5.88. The van der Waals surface area contributed by atoms with Crippen molar-refractivity contribution in [2.24, 2.45) is 0 Å². The summed E-state index contributed by atoms with van der Waals surface area (Å²) in [5.74, 6) is 1.37. The minimum absolute atomic E-state index is 0.422. The van der Waals surface area contributed by atoms with Crippen LogP contribution in [0.15, 0.2) is 6.33 Å². The Morgan fingerprint density at radius 3 is 3.00 bits per heavy atom. The predicted octanol–water partition coefficient (Wildman–Crippen LogP) is 1.54. The fourth-order valence-corrected chi connectivity index (χ4v) is 1.97. The maximum Gasteiger partial charge on any atom is 0.153 e. The zero-order valence-corrected chi connectivity index (χ0v) is 9.61. The van der Waals surface area contributed by atoms with Gasteiger partial charge < -0.3 is 5.32 Å². The first-order chi connectivity index (χ1) is 7.25. The minimum Gasteiger partial charge on any atom is -0.312 e. The van der Waals surface area contributed by atoms with E-state index in [9.17, 15) is 0 Å². The van der Waals surface area contributed by atoms with Crippen molar-refractivity contribution in [2.75, 3.05) is 6.54 Å². The van der Waals surface area contributed by atoms with Crippen LogP contribution < -0.4 is 5.32 Å². The Labute approximate surface area is 91.1 Å². The van der Waals surface area contributed by atoms with E-state index in [1.54, 1.807) is 0 Å². The highest BCUT2D eigenvalue weighted by atomic mass is 15.3. The van der Waals surface area contributed by atoms with E-state index in [-0.39, 0.29) is 0 Å². The standard InChI is InChI=1S/C11H20N4/c1-9(2)11-13-8-15(14-11)7-10-5-3-4-6-12-10/h8-10,12H,3-7H2,1-2H3. The lowest BCUT2D eigenvalue weighted by Crippen LogP contribution is -2.37. The van der Waals surface area contributed by atoms with Crippen molar-refractivity contribution < 1.29 is 0 Å². The number of aromatic nitrogens is 3. The molecule has 0 saturated carbocycles. The molecule has 4 nitrogen and oxygen atoms in total. The molecule has 1 aromatic heterocycles. The monoisotopic (exact) mass is 208 g/mol. The van der Waals surface area contributed by atoms with Crippen molar-refractivity contribution in [1.82, 2.24) is 20.1 Å². The third-order valence-corrected chi connectivity index (χ3v) is 2.89. The van der Waals surface area contributed by atoms with E-state index in [1.165, 1.54) is 19.3 Å². The third-order valence-electron chi connectivity index (χ3n) is 2.89. The average Bonchev–Trinajstić information content (AvgIpc) is 2.68. The van der Waals surface area contributed by atoms with Crippen LogP contribution in [0.2, 0.25) is 0 Å². The molecule has 1 fully saturated rings. The fourth-order valence-electron chi connectivity index (χ4n) is 1.97. The Balaban J connectivity index is 1.91. The van der Waals surface area contributed by atoms with Crippen LogP contribution in [0.3, 0.4) is 0 Å². The van der Waals surface area contributed by atoms with Gasteiger partial charge in [-0.2, -0.15) is 5.10 Å². The molecule has 0 bridgehead atoms. The van der Waals surface area contributed by atoms with E-state index >= 15 is 0 Å². The molecule has 1 aliphatic rings. The second kappa shape index (κ2) is 4.75. The second-order valence-corrected chi connectivity index (χ2v) is 4.63. The molecule has 0 radical (unpaired) electrons. The Kier molecular flexibility index (Phi) is 3.36. The molecule has 0 aliphatic carbocycles. The molecule has 84 valence electrons. The predicted molar refractivity (Wildman–Crippen MR) is 59.8 cm³/mol. The molecule has 1 N–H and O–H groups in total. The molecular weight excluding hydrogens is 188 g/mol. The van der Waals surface area contributed by atoms with E-state index < -0.39 is 0 Å². The molecule has 0 aromatic carbocycles. The molecule has 4 heteroatoms. The largest absolute Gasteiger partial charge is 0.312 e. The van der Waals surface area contributed by atoms with Crippen molar-refractivity contribution in [3.05, 3.63) is 12.2 Å². The summed E-state index contributed by atoms with van der Waals surface area (Å²) in [6, 6.07) is 0.584. The first kappa shape index (κ1) is 10.6. The topological polar surface area (TPSA) is 42.7 Å². The molecular formula is C11H20N4. The van der Waals surface area contributed by atoms with Gasteiger partial charge in [0.15, 0.2) is 5.82 Å². The van der Waals surface area contributed by atoms with Crippen molar-refractivity contribution in [3.63, 3.8) is 0 Å². The van der Waals surface area contributed by atoms with E-state index in [0.29, 0.717) is 12.0 Å². The van der Waals surface area contributed by atoms with Crippen molar-refractivity contribution >= 4 is 0 Å². The quantitative estimate of drug-likeness (QED) is 0.819. The van der Waals surface area contributed by atoms with Crippen molar-refractivity contribution in [3.8, 4) is 0 Å². The van der Waals surface area contributed by atoms with Gasteiger partial charge in [0.05, 0.1) is 6.54 Å². The number of hydrogen-bond donors (Lipinski definition) is 1. The van der Waals surface area contributed by atoms with Gasteiger partial charge in [-0.3, -0.25) is 4.68 Å². The molecule has 2 heterocycles. The van der Waals surface area contributed by atoms with Gasteiger partial charge in [-0.15, -0.1) is 0 Å². The number of hydrogen-bond acceptors (Lipinski definition) is 3. The SMILES string of the molecule is CC(C)c1ncn(CC2CCCCN2)n1. The molecule has 2 rings (SSSR count). The lowest BCUT2D eigenvalue weighted by atomic mass is 10.1. The summed E-state index contributed by atoms with van der Waals surface area (Å²) in [6.07, 6.45) is 5.76. The van der Waals surface area contributed by atoms with Gasteiger partial charge >= 0.3 is 0 Å². The van der Waals surface area contributed by atoms with Crippen LogP contribution in [-0.2, 0) is 6.54 Å². The summed E-state index contributed by atoms with van der Waals surface area (Å²) >= 11 is 0. The van der Waals surface area contributed by atoms with Crippen LogP contribution in [0.4, 0.5) is 0 Å². The highest BCUT2D eigenvalue weighted by Gasteiger charge is 2.14. The van der Waals surface area contributed by atoms with Crippen LogP contribution in [0.1, 0.15) is 44.9 Å². The first-order valence-corrected chi connectivity index (χ1v) is 5.88. The maximum absolute atomic E-state index is 4.47. The Morgan fingerprint density at radius 2 is 2.40 bits per heavy atom. The van der Waals surface area contributed by atoms with Gasteiger partial charge in [0, 0.05) is 12.0 Å². The smallest absolute Gasteiger partial charge is 0.153 e. The van der Waals surface area contributed by atoms with E-state index in [1.807, 2.05) is 11.0 Å². The number of nitrogens with zero attached hydrogens (tertiary/aromatic N) is 3. The fraction of sp³-hybridized carbons (Fsp3) is 0.818. The molecule has 0 amide bonds. The summed E-state index contributed by atoms with van der Waals surface area (Å²) in [6.45, 7) is 6.35. The van der Waals surface area contributed by atoms with Crippen LogP contribution >= 0.6 is 0 Å². The number of rotatable bonds is 3. The summed E-state index contributed by atoms with van der Waals surface area (Å²) in [5, 5.41) is 7.99. The van der Waals surface area contributed by atoms with Gasteiger partial charge in [-0.05, 0) is 19.4 Å². The Hall–Kier alpha value is -0.900. The number of piperidine rings is 1.